The molecule has 0 saturated carbocycles. The molecule has 0 atom stereocenters. The van der Waals surface area contributed by atoms with Crippen molar-refractivity contribution in [1.82, 2.24) is 10.8 Å². The SMILES string of the molecule is O=C1N[CH]NO1. The molecule has 0 aromatic rings. The zero-order chi connectivity index (χ0) is 4.41. The number of hydroxylamine groups is 1. The van der Waals surface area contributed by atoms with Gasteiger partial charge >= 0.3 is 6.09 Å². The van der Waals surface area contributed by atoms with Crippen LogP contribution in [0.5, 0.6) is 0 Å². The fourth-order valence-corrected chi connectivity index (χ4v) is 0.201. The van der Waals surface area contributed by atoms with E-state index in [-0.39, 0.29) is 0 Å². The molecule has 0 aromatic heterocycles. The molecule has 33 valence electrons. The average Bonchev–Trinajstić information content (AvgIpc) is 1.86. The van der Waals surface area contributed by atoms with Crippen LogP contribution >= 0.6 is 0 Å². The average molecular weight is 87.1 g/mol. The van der Waals surface area contributed by atoms with Crippen LogP contribution in [0.25, 0.3) is 0 Å². The molecule has 6 heavy (non-hydrogen) atoms. The Morgan fingerprint density at radius 2 is 2.67 bits per heavy atom. The van der Waals surface area contributed by atoms with E-state index in [0.29, 0.717) is 0 Å². The van der Waals surface area contributed by atoms with Crippen molar-refractivity contribution in [3.63, 3.8) is 0 Å². The van der Waals surface area contributed by atoms with Crippen LogP contribution in [-0.2, 0) is 4.84 Å². The van der Waals surface area contributed by atoms with Gasteiger partial charge < -0.3 is 4.84 Å². The predicted molar refractivity (Wildman–Crippen MR) is 17.1 cm³/mol. The number of hydrogen-bond donors (Lipinski definition) is 2. The lowest BCUT2D eigenvalue weighted by Gasteiger charge is -1.78. The van der Waals surface area contributed by atoms with Crippen molar-refractivity contribution < 1.29 is 9.63 Å². The second-order valence-electron chi connectivity index (χ2n) is 0.796. The van der Waals surface area contributed by atoms with Gasteiger partial charge in [0.25, 0.3) is 0 Å². The summed E-state index contributed by atoms with van der Waals surface area (Å²) in [5, 5.41) is 2.22. The Balaban J connectivity index is 2.37. The number of carbonyl (C=O) groups excluding carboxylic acids is 1. The zero-order valence-corrected chi connectivity index (χ0v) is 2.89. The summed E-state index contributed by atoms with van der Waals surface area (Å²) in [6.45, 7) is 1.31. The number of carbonyl (C=O) groups is 1. The molecule has 0 unspecified atom stereocenters. The summed E-state index contributed by atoms with van der Waals surface area (Å²) in [4.78, 5) is 13.9. The van der Waals surface area contributed by atoms with Gasteiger partial charge in [-0.1, -0.05) is 0 Å². The summed E-state index contributed by atoms with van der Waals surface area (Å²) in [5.74, 6) is 0. The minimum absolute atomic E-state index is 0.463. The minimum Gasteiger partial charge on any atom is -0.352 e. The van der Waals surface area contributed by atoms with Gasteiger partial charge in [-0.15, -0.1) is 5.48 Å². The molecule has 1 amide bonds. The molecule has 1 radical (unpaired) electrons. The van der Waals surface area contributed by atoms with E-state index in [1.165, 1.54) is 6.67 Å². The Morgan fingerprint density at radius 1 is 1.83 bits per heavy atom. The van der Waals surface area contributed by atoms with Crippen LogP contribution in [0.2, 0.25) is 0 Å². The molecule has 1 aliphatic heterocycles. The lowest BCUT2D eigenvalue weighted by Crippen LogP contribution is -2.08. The van der Waals surface area contributed by atoms with E-state index in [1.807, 2.05) is 0 Å². The normalized spacial score (nSPS) is 19.7. The first-order chi connectivity index (χ1) is 2.89. The van der Waals surface area contributed by atoms with Crippen LogP contribution in [0.1, 0.15) is 0 Å². The first kappa shape index (κ1) is 3.42. The van der Waals surface area contributed by atoms with Crippen molar-refractivity contribution in [3.05, 3.63) is 6.67 Å². The number of hydrogen-bond acceptors (Lipinski definition) is 3. The highest BCUT2D eigenvalue weighted by Crippen LogP contribution is 1.78. The third-order valence-corrected chi connectivity index (χ3v) is 0.401. The maximum absolute atomic E-state index is 9.82. The predicted octanol–water partition coefficient (Wildman–Crippen LogP) is -0.650. The van der Waals surface area contributed by atoms with Crippen LogP contribution in [0.15, 0.2) is 0 Å². The first-order valence-corrected chi connectivity index (χ1v) is 1.44. The molecule has 1 fully saturated rings. The third kappa shape index (κ3) is 0.414. The lowest BCUT2D eigenvalue weighted by atomic mass is 11.1. The van der Waals surface area contributed by atoms with Gasteiger partial charge in [-0.25, -0.2) is 4.79 Å². The van der Waals surface area contributed by atoms with Crippen LogP contribution < -0.4 is 10.8 Å². The number of nitrogens with one attached hydrogen (secondary N) is 2. The van der Waals surface area contributed by atoms with Gasteiger partial charge in [0, 0.05) is 0 Å². The van der Waals surface area contributed by atoms with Gasteiger partial charge in [0.2, 0.25) is 0 Å². The Kier molecular flexibility index (Phi) is 0.648. The van der Waals surface area contributed by atoms with E-state index in [2.05, 4.69) is 15.6 Å². The molecule has 0 bridgehead atoms. The molecule has 0 spiro atoms. The molecule has 4 heteroatoms. The van der Waals surface area contributed by atoms with Gasteiger partial charge in [-0.05, 0) is 0 Å². The molecular formula is C2H3N2O2. The molecule has 0 aromatic carbocycles. The monoisotopic (exact) mass is 87.0 g/mol. The zero-order valence-electron chi connectivity index (χ0n) is 2.89. The van der Waals surface area contributed by atoms with Crippen LogP contribution in [-0.4, -0.2) is 6.09 Å². The van der Waals surface area contributed by atoms with Gasteiger partial charge in [0.1, 0.15) is 0 Å². The summed E-state index contributed by atoms with van der Waals surface area (Å²) >= 11 is 0. The molecule has 0 aliphatic carbocycles. The van der Waals surface area contributed by atoms with Gasteiger partial charge in [0.15, 0.2) is 6.67 Å². The summed E-state index contributed by atoms with van der Waals surface area (Å²) in [7, 11) is 0. The quantitative estimate of drug-likeness (QED) is 0.412. The van der Waals surface area contributed by atoms with Crippen molar-refractivity contribution >= 4 is 6.09 Å². The molecule has 1 rings (SSSR count). The lowest BCUT2D eigenvalue weighted by molar-refractivity contribution is 0.137. The largest absolute Gasteiger partial charge is 0.427 e. The maximum Gasteiger partial charge on any atom is 0.427 e. The van der Waals surface area contributed by atoms with E-state index < -0.39 is 6.09 Å². The Bertz CT molecular complexity index is 63.9. The van der Waals surface area contributed by atoms with Gasteiger partial charge in [-0.3, -0.25) is 5.32 Å². The van der Waals surface area contributed by atoms with Crippen molar-refractivity contribution in [2.24, 2.45) is 0 Å². The smallest absolute Gasteiger partial charge is 0.352 e. The van der Waals surface area contributed by atoms with E-state index in [4.69, 9.17) is 0 Å². The molecule has 1 aliphatic rings. The summed E-state index contributed by atoms with van der Waals surface area (Å²) in [6, 6.07) is 0. The van der Waals surface area contributed by atoms with Crippen molar-refractivity contribution in [3.8, 4) is 0 Å². The van der Waals surface area contributed by atoms with E-state index in [1.54, 1.807) is 0 Å². The Hall–Kier alpha value is -0.770. The molecule has 1 saturated heterocycles. The molecule has 4 nitrogen and oxygen atoms in total. The van der Waals surface area contributed by atoms with Crippen LogP contribution in [0, 0.1) is 6.67 Å². The second kappa shape index (κ2) is 1.14. The highest BCUT2D eigenvalue weighted by molar-refractivity contribution is 5.69. The summed E-state index contributed by atoms with van der Waals surface area (Å²) < 4.78 is 0. The highest BCUT2D eigenvalue weighted by atomic mass is 16.7. The standard InChI is InChI=1S/C2H3N2O2/c5-2-3-1-4-6-2/h1,4H,(H,3,5). The number of amides is 1. The highest BCUT2D eigenvalue weighted by Gasteiger charge is 2.06. The van der Waals surface area contributed by atoms with E-state index >= 15 is 0 Å². The maximum atomic E-state index is 9.82. The minimum atomic E-state index is -0.463. The van der Waals surface area contributed by atoms with Crippen molar-refractivity contribution in [1.29, 1.82) is 0 Å². The molecular weight excluding hydrogens is 84.0 g/mol. The van der Waals surface area contributed by atoms with E-state index in [0.717, 1.165) is 0 Å². The molecule has 2 N–H and O–H groups in total. The topological polar surface area (TPSA) is 50.4 Å². The Morgan fingerprint density at radius 3 is 2.83 bits per heavy atom. The summed E-state index contributed by atoms with van der Waals surface area (Å²) in [6.07, 6.45) is -0.463. The summed E-state index contributed by atoms with van der Waals surface area (Å²) in [5.41, 5.74) is 2.19. The fraction of sp³-hybridized carbons (Fsp3) is 0. The van der Waals surface area contributed by atoms with Crippen molar-refractivity contribution in [2.75, 3.05) is 0 Å². The van der Waals surface area contributed by atoms with Crippen molar-refractivity contribution in [2.45, 2.75) is 0 Å². The number of rotatable bonds is 0. The van der Waals surface area contributed by atoms with E-state index in [9.17, 15) is 4.79 Å². The fourth-order valence-electron chi connectivity index (χ4n) is 0.201. The van der Waals surface area contributed by atoms with Gasteiger partial charge in [0.05, 0.1) is 0 Å². The third-order valence-electron chi connectivity index (χ3n) is 0.401. The van der Waals surface area contributed by atoms with Crippen LogP contribution in [0.4, 0.5) is 4.79 Å². The first-order valence-electron chi connectivity index (χ1n) is 1.44. The molecule has 1 heterocycles. The van der Waals surface area contributed by atoms with Crippen LogP contribution in [0.3, 0.4) is 0 Å². The second-order valence-corrected chi connectivity index (χ2v) is 0.796. The Labute approximate surface area is 34.4 Å². The van der Waals surface area contributed by atoms with Gasteiger partial charge in [-0.2, -0.15) is 0 Å².